The zero-order valence-corrected chi connectivity index (χ0v) is 11.2. The van der Waals surface area contributed by atoms with Crippen LogP contribution in [0, 0.1) is 5.92 Å². The van der Waals surface area contributed by atoms with Crippen LogP contribution < -0.4 is 5.32 Å². The van der Waals surface area contributed by atoms with Crippen molar-refractivity contribution < 1.29 is 0 Å². The summed E-state index contributed by atoms with van der Waals surface area (Å²) in [4.78, 5) is 8.31. The van der Waals surface area contributed by atoms with Crippen LogP contribution >= 0.6 is 11.3 Å². The van der Waals surface area contributed by atoms with Crippen molar-refractivity contribution in [3.63, 3.8) is 0 Å². The molecule has 1 fully saturated rings. The summed E-state index contributed by atoms with van der Waals surface area (Å²) in [6, 6.07) is 0.722. The minimum Gasteiger partial charge on any atom is -0.362 e. The Balaban J connectivity index is 1.93. The average molecular weight is 239 g/mol. The van der Waals surface area contributed by atoms with Crippen LogP contribution in [0.3, 0.4) is 0 Å². The highest BCUT2D eigenvalue weighted by molar-refractivity contribution is 7.15. The third kappa shape index (κ3) is 2.74. The van der Waals surface area contributed by atoms with E-state index in [0.29, 0.717) is 0 Å². The quantitative estimate of drug-likeness (QED) is 0.875. The van der Waals surface area contributed by atoms with Gasteiger partial charge in [0.25, 0.3) is 0 Å². The Bertz CT molecular complexity index is 337. The fraction of sp³-hybridized carbons (Fsp3) is 0.750. The third-order valence-electron chi connectivity index (χ3n) is 3.15. The van der Waals surface area contributed by atoms with Crippen LogP contribution in [0.25, 0.3) is 0 Å². The number of rotatable bonds is 4. The van der Waals surface area contributed by atoms with Gasteiger partial charge in [-0.05, 0) is 26.2 Å². The summed E-state index contributed by atoms with van der Waals surface area (Å²) in [5.74, 6) is 0.844. The summed E-state index contributed by atoms with van der Waals surface area (Å²) in [5, 5.41) is 4.31. The van der Waals surface area contributed by atoms with E-state index in [0.717, 1.165) is 30.2 Å². The number of nitrogens with one attached hydrogen (secondary N) is 1. The van der Waals surface area contributed by atoms with E-state index in [-0.39, 0.29) is 0 Å². The van der Waals surface area contributed by atoms with Crippen LogP contribution in [0.1, 0.15) is 32.1 Å². The molecule has 1 saturated heterocycles. The number of thiazole rings is 1. The molecule has 4 heteroatoms. The van der Waals surface area contributed by atoms with Crippen molar-refractivity contribution in [2.24, 2.45) is 5.92 Å². The Morgan fingerprint density at radius 3 is 3.00 bits per heavy atom. The minimum atomic E-state index is 0.722. The molecule has 3 nitrogen and oxygen atoms in total. The van der Waals surface area contributed by atoms with Crippen molar-refractivity contribution in [1.82, 2.24) is 9.88 Å². The number of likely N-dealkylation sites (tertiary alicyclic amines) is 1. The summed E-state index contributed by atoms with van der Waals surface area (Å²) in [6.45, 7) is 10.0. The average Bonchev–Trinajstić information content (AvgIpc) is 2.76. The van der Waals surface area contributed by atoms with Gasteiger partial charge in [0.15, 0.2) is 5.13 Å². The molecule has 0 amide bonds. The molecule has 2 heterocycles. The van der Waals surface area contributed by atoms with Gasteiger partial charge in [0.1, 0.15) is 0 Å². The van der Waals surface area contributed by atoms with Crippen LogP contribution in [0.4, 0.5) is 5.13 Å². The normalized spacial score (nSPS) is 26.2. The van der Waals surface area contributed by atoms with E-state index >= 15 is 0 Å². The monoisotopic (exact) mass is 239 g/mol. The maximum absolute atomic E-state index is 4.37. The van der Waals surface area contributed by atoms with Crippen molar-refractivity contribution in [3.8, 4) is 0 Å². The van der Waals surface area contributed by atoms with Gasteiger partial charge < -0.3 is 5.32 Å². The van der Waals surface area contributed by atoms with Crippen molar-refractivity contribution in [2.75, 3.05) is 18.4 Å². The zero-order valence-electron chi connectivity index (χ0n) is 10.4. The first-order valence-electron chi connectivity index (χ1n) is 6.11. The molecule has 0 aliphatic carbocycles. The lowest BCUT2D eigenvalue weighted by Gasteiger charge is -2.19. The summed E-state index contributed by atoms with van der Waals surface area (Å²) in [5.41, 5.74) is 0. The molecule has 1 N–H and O–H groups in total. The van der Waals surface area contributed by atoms with Gasteiger partial charge in [0.05, 0.1) is 0 Å². The van der Waals surface area contributed by atoms with Crippen LogP contribution in [-0.2, 0) is 6.54 Å². The van der Waals surface area contributed by atoms with Gasteiger partial charge in [0, 0.05) is 36.8 Å². The first kappa shape index (κ1) is 11.9. The fourth-order valence-corrected chi connectivity index (χ4v) is 3.33. The van der Waals surface area contributed by atoms with Crippen LogP contribution in [-0.4, -0.2) is 29.0 Å². The molecule has 2 rings (SSSR count). The molecule has 16 heavy (non-hydrogen) atoms. The molecule has 0 spiro atoms. The molecular formula is C12H21N3S. The molecule has 0 aromatic carbocycles. The van der Waals surface area contributed by atoms with Crippen molar-refractivity contribution in [3.05, 3.63) is 11.1 Å². The van der Waals surface area contributed by atoms with E-state index in [1.165, 1.54) is 17.8 Å². The van der Waals surface area contributed by atoms with E-state index in [1.807, 2.05) is 6.20 Å². The minimum absolute atomic E-state index is 0.722. The van der Waals surface area contributed by atoms with Gasteiger partial charge in [0.2, 0.25) is 0 Å². The van der Waals surface area contributed by atoms with Crippen molar-refractivity contribution >= 4 is 16.5 Å². The summed E-state index contributed by atoms with van der Waals surface area (Å²) >= 11 is 1.78. The highest BCUT2D eigenvalue weighted by Gasteiger charge is 2.26. The second-order valence-corrected chi connectivity index (χ2v) is 5.90. The van der Waals surface area contributed by atoms with Crippen LogP contribution in [0.15, 0.2) is 6.20 Å². The SMILES string of the molecule is CCNc1ncc(CN2CC(C)CC2C)s1. The van der Waals surface area contributed by atoms with E-state index < -0.39 is 0 Å². The second-order valence-electron chi connectivity index (χ2n) is 4.78. The highest BCUT2D eigenvalue weighted by atomic mass is 32.1. The first-order valence-corrected chi connectivity index (χ1v) is 6.93. The molecule has 1 aliphatic rings. The largest absolute Gasteiger partial charge is 0.362 e. The third-order valence-corrected chi connectivity index (χ3v) is 4.09. The van der Waals surface area contributed by atoms with Gasteiger partial charge in [-0.2, -0.15) is 0 Å². The van der Waals surface area contributed by atoms with Gasteiger partial charge in [-0.1, -0.05) is 6.92 Å². The van der Waals surface area contributed by atoms with Gasteiger partial charge in [-0.3, -0.25) is 4.90 Å². The number of hydrogen-bond acceptors (Lipinski definition) is 4. The zero-order chi connectivity index (χ0) is 11.5. The van der Waals surface area contributed by atoms with Crippen LogP contribution in [0.2, 0.25) is 0 Å². The number of hydrogen-bond donors (Lipinski definition) is 1. The fourth-order valence-electron chi connectivity index (χ4n) is 2.42. The van der Waals surface area contributed by atoms with Gasteiger partial charge in [-0.25, -0.2) is 4.98 Å². The smallest absolute Gasteiger partial charge is 0.182 e. The lowest BCUT2D eigenvalue weighted by Crippen LogP contribution is -2.26. The van der Waals surface area contributed by atoms with E-state index in [9.17, 15) is 0 Å². The summed E-state index contributed by atoms with van der Waals surface area (Å²) in [6.07, 6.45) is 3.34. The van der Waals surface area contributed by atoms with E-state index in [2.05, 4.69) is 36.0 Å². The van der Waals surface area contributed by atoms with Gasteiger partial charge in [-0.15, -0.1) is 11.3 Å². The number of nitrogens with zero attached hydrogens (tertiary/aromatic N) is 2. The Kier molecular flexibility index (Phi) is 3.82. The highest BCUT2D eigenvalue weighted by Crippen LogP contribution is 2.26. The summed E-state index contributed by atoms with van der Waals surface area (Å²) < 4.78 is 0. The molecule has 2 atom stereocenters. The molecule has 0 bridgehead atoms. The Morgan fingerprint density at radius 1 is 1.56 bits per heavy atom. The van der Waals surface area contributed by atoms with Crippen molar-refractivity contribution in [1.29, 1.82) is 0 Å². The summed E-state index contributed by atoms with van der Waals surface area (Å²) in [7, 11) is 0. The van der Waals surface area contributed by atoms with Crippen molar-refractivity contribution in [2.45, 2.75) is 39.8 Å². The molecule has 0 saturated carbocycles. The predicted molar refractivity (Wildman–Crippen MR) is 69.9 cm³/mol. The molecule has 1 aromatic heterocycles. The lowest BCUT2D eigenvalue weighted by atomic mass is 10.1. The predicted octanol–water partition coefficient (Wildman–Crippen LogP) is 2.81. The van der Waals surface area contributed by atoms with E-state index in [1.54, 1.807) is 11.3 Å². The second kappa shape index (κ2) is 5.15. The molecule has 2 unspecified atom stereocenters. The Labute approximate surface area is 102 Å². The molecule has 1 aliphatic heterocycles. The number of aromatic nitrogens is 1. The van der Waals surface area contributed by atoms with Crippen LogP contribution in [0.5, 0.6) is 0 Å². The maximum atomic E-state index is 4.37. The lowest BCUT2D eigenvalue weighted by molar-refractivity contribution is 0.259. The van der Waals surface area contributed by atoms with Gasteiger partial charge >= 0.3 is 0 Å². The molecule has 0 radical (unpaired) electrons. The first-order chi connectivity index (χ1) is 7.69. The Hall–Kier alpha value is -0.610. The van der Waals surface area contributed by atoms with E-state index in [4.69, 9.17) is 0 Å². The topological polar surface area (TPSA) is 28.2 Å². The number of anilines is 1. The standard InChI is InChI=1S/C12H21N3S/c1-4-13-12-14-6-11(16-12)8-15-7-9(2)5-10(15)3/h6,9-10H,4-5,7-8H2,1-3H3,(H,13,14). The molecular weight excluding hydrogens is 218 g/mol. The maximum Gasteiger partial charge on any atom is 0.182 e. The molecule has 90 valence electrons. The Morgan fingerprint density at radius 2 is 2.38 bits per heavy atom. The molecule has 1 aromatic rings.